The zero-order chi connectivity index (χ0) is 18.9. The number of para-hydroxylation sites is 1. The third-order valence-corrected chi connectivity index (χ3v) is 3.72. The van der Waals surface area contributed by atoms with E-state index in [-0.39, 0.29) is 19.0 Å². The highest BCUT2D eigenvalue weighted by atomic mass is 16.5. The Morgan fingerprint density at radius 2 is 1.69 bits per heavy atom. The van der Waals surface area contributed by atoms with Crippen molar-refractivity contribution < 1.29 is 24.2 Å². The van der Waals surface area contributed by atoms with Crippen LogP contribution in [0.2, 0.25) is 0 Å². The summed E-state index contributed by atoms with van der Waals surface area (Å²) in [5.41, 5.74) is 1.52. The normalized spacial score (nSPS) is 10.1. The number of methoxy groups -OCH3 is 2. The Labute approximate surface area is 152 Å². The summed E-state index contributed by atoms with van der Waals surface area (Å²) in [7, 11) is 3.10. The van der Waals surface area contributed by atoms with Crippen molar-refractivity contribution in [2.45, 2.75) is 6.54 Å². The van der Waals surface area contributed by atoms with Gasteiger partial charge in [0.1, 0.15) is 6.54 Å². The van der Waals surface area contributed by atoms with E-state index in [1.54, 1.807) is 50.6 Å². The van der Waals surface area contributed by atoms with E-state index < -0.39 is 5.97 Å². The van der Waals surface area contributed by atoms with E-state index in [2.05, 4.69) is 5.32 Å². The van der Waals surface area contributed by atoms with Crippen molar-refractivity contribution in [3.63, 3.8) is 0 Å². The lowest BCUT2D eigenvalue weighted by molar-refractivity contribution is -0.135. The molecule has 2 aromatic rings. The molecule has 138 valence electrons. The van der Waals surface area contributed by atoms with Crippen LogP contribution in [0.5, 0.6) is 11.5 Å². The first-order valence-corrected chi connectivity index (χ1v) is 8.03. The van der Waals surface area contributed by atoms with Crippen LogP contribution in [0.3, 0.4) is 0 Å². The molecule has 0 spiro atoms. The topological polar surface area (TPSA) is 88.1 Å². The van der Waals surface area contributed by atoms with Crippen LogP contribution in [0.25, 0.3) is 0 Å². The first-order chi connectivity index (χ1) is 12.5. The molecule has 7 nitrogen and oxygen atoms in total. The Bertz CT molecular complexity index is 749. The zero-order valence-electron chi connectivity index (χ0n) is 14.8. The second-order valence-electron chi connectivity index (χ2n) is 5.55. The Morgan fingerprint density at radius 3 is 2.31 bits per heavy atom. The largest absolute Gasteiger partial charge is 0.493 e. The lowest BCUT2D eigenvalue weighted by Gasteiger charge is -2.22. The Balaban J connectivity index is 1.99. The first kappa shape index (κ1) is 19.1. The average Bonchev–Trinajstić information content (AvgIpc) is 2.66. The van der Waals surface area contributed by atoms with E-state index >= 15 is 0 Å². The predicted molar refractivity (Wildman–Crippen MR) is 97.7 cm³/mol. The predicted octanol–water partition coefficient (Wildman–Crippen LogP) is 1.91. The van der Waals surface area contributed by atoms with Gasteiger partial charge in [-0.15, -0.1) is 0 Å². The van der Waals surface area contributed by atoms with Crippen LogP contribution in [0.1, 0.15) is 5.56 Å². The molecule has 26 heavy (non-hydrogen) atoms. The maximum atomic E-state index is 12.3. The van der Waals surface area contributed by atoms with E-state index in [4.69, 9.17) is 14.6 Å². The molecule has 0 radical (unpaired) electrons. The van der Waals surface area contributed by atoms with Crippen LogP contribution in [0, 0.1) is 0 Å². The van der Waals surface area contributed by atoms with E-state index in [0.29, 0.717) is 23.7 Å². The number of carbonyl (C=O) groups is 2. The molecule has 0 unspecified atom stereocenters. The minimum absolute atomic E-state index is 0.0520. The minimum atomic E-state index is -0.999. The zero-order valence-corrected chi connectivity index (χ0v) is 14.8. The van der Waals surface area contributed by atoms with Crippen molar-refractivity contribution in [3.05, 3.63) is 54.1 Å². The number of ether oxygens (including phenoxy) is 2. The van der Waals surface area contributed by atoms with E-state index in [1.165, 1.54) is 4.90 Å². The summed E-state index contributed by atoms with van der Waals surface area (Å²) in [5, 5.41) is 11.9. The van der Waals surface area contributed by atoms with Crippen LogP contribution in [0.4, 0.5) is 5.69 Å². The Kier molecular flexibility index (Phi) is 6.84. The van der Waals surface area contributed by atoms with Crippen LogP contribution >= 0.6 is 0 Å². The smallest absolute Gasteiger partial charge is 0.323 e. The van der Waals surface area contributed by atoms with Crippen molar-refractivity contribution in [1.82, 2.24) is 5.32 Å². The molecule has 0 atom stereocenters. The fraction of sp³-hybridized carbons (Fsp3) is 0.263. The molecule has 7 heteroatoms. The highest BCUT2D eigenvalue weighted by molar-refractivity contribution is 5.84. The molecule has 0 saturated heterocycles. The van der Waals surface area contributed by atoms with Crippen molar-refractivity contribution in [2.24, 2.45) is 0 Å². The van der Waals surface area contributed by atoms with Gasteiger partial charge in [-0.2, -0.15) is 0 Å². The van der Waals surface area contributed by atoms with E-state index in [9.17, 15) is 9.59 Å². The van der Waals surface area contributed by atoms with Crippen LogP contribution < -0.4 is 19.7 Å². The van der Waals surface area contributed by atoms with E-state index in [0.717, 1.165) is 5.56 Å². The van der Waals surface area contributed by atoms with Crippen LogP contribution in [0.15, 0.2) is 48.5 Å². The highest BCUT2D eigenvalue weighted by Gasteiger charge is 2.15. The quantitative estimate of drug-likeness (QED) is 0.712. The van der Waals surface area contributed by atoms with Gasteiger partial charge in [-0.3, -0.25) is 9.59 Å². The number of benzene rings is 2. The van der Waals surface area contributed by atoms with Gasteiger partial charge < -0.3 is 24.8 Å². The summed E-state index contributed by atoms with van der Waals surface area (Å²) in [5.74, 6) is -0.0817. The van der Waals surface area contributed by atoms with Gasteiger partial charge in [-0.05, 0) is 29.8 Å². The summed E-state index contributed by atoms with van der Waals surface area (Å²) in [4.78, 5) is 24.8. The fourth-order valence-corrected chi connectivity index (χ4v) is 2.46. The third kappa shape index (κ3) is 5.41. The lowest BCUT2D eigenvalue weighted by Crippen LogP contribution is -2.39. The molecule has 0 aliphatic heterocycles. The number of hydrogen-bond acceptors (Lipinski definition) is 5. The molecule has 0 heterocycles. The number of carboxylic acid groups (broad SMARTS) is 1. The van der Waals surface area contributed by atoms with Gasteiger partial charge >= 0.3 is 5.97 Å². The monoisotopic (exact) mass is 358 g/mol. The number of rotatable bonds is 9. The fourth-order valence-electron chi connectivity index (χ4n) is 2.46. The Hall–Kier alpha value is -3.22. The Morgan fingerprint density at radius 1 is 1.00 bits per heavy atom. The maximum absolute atomic E-state index is 12.3. The average molecular weight is 358 g/mol. The number of carboxylic acids is 1. The molecule has 0 bridgehead atoms. The molecule has 0 aliphatic rings. The SMILES string of the molecule is COc1ccc(CNC(=O)CN(CC(=O)O)c2ccccc2)cc1OC. The molecule has 2 N–H and O–H groups in total. The molecule has 2 rings (SSSR count). The van der Waals surface area contributed by atoms with Crippen molar-refractivity contribution >= 4 is 17.6 Å². The second kappa shape index (κ2) is 9.31. The maximum Gasteiger partial charge on any atom is 0.323 e. The summed E-state index contributed by atoms with van der Waals surface area (Å²) in [6.45, 7) is -0.00766. The standard InChI is InChI=1S/C19H22N2O5/c1-25-16-9-8-14(10-17(16)26-2)11-20-18(22)12-21(13-19(23)24)15-6-4-3-5-7-15/h3-10H,11-13H2,1-2H3,(H,20,22)(H,23,24). The number of carbonyl (C=O) groups excluding carboxylic acids is 1. The van der Waals surface area contributed by atoms with Crippen molar-refractivity contribution in [2.75, 3.05) is 32.2 Å². The van der Waals surface area contributed by atoms with E-state index in [1.807, 2.05) is 12.1 Å². The van der Waals surface area contributed by atoms with Gasteiger partial charge in [-0.25, -0.2) is 0 Å². The van der Waals surface area contributed by atoms with Gasteiger partial charge in [0.05, 0.1) is 20.8 Å². The molecule has 2 aromatic carbocycles. The van der Waals surface area contributed by atoms with Gasteiger partial charge in [0.2, 0.25) is 5.91 Å². The van der Waals surface area contributed by atoms with Gasteiger partial charge in [0.25, 0.3) is 0 Å². The summed E-state index contributed by atoms with van der Waals surface area (Å²) in [6.07, 6.45) is 0. The third-order valence-electron chi connectivity index (χ3n) is 3.72. The molecule has 0 fully saturated rings. The number of nitrogens with one attached hydrogen (secondary N) is 1. The summed E-state index contributed by atoms with van der Waals surface area (Å²) < 4.78 is 10.4. The molecule has 0 saturated carbocycles. The number of hydrogen-bond donors (Lipinski definition) is 2. The van der Waals surface area contributed by atoms with Gasteiger partial charge in [0, 0.05) is 12.2 Å². The number of anilines is 1. The lowest BCUT2D eigenvalue weighted by atomic mass is 10.2. The van der Waals surface area contributed by atoms with Crippen molar-refractivity contribution in [1.29, 1.82) is 0 Å². The molecule has 1 amide bonds. The highest BCUT2D eigenvalue weighted by Crippen LogP contribution is 2.27. The first-order valence-electron chi connectivity index (χ1n) is 8.03. The van der Waals surface area contributed by atoms with Crippen molar-refractivity contribution in [3.8, 4) is 11.5 Å². The molecular formula is C19H22N2O5. The minimum Gasteiger partial charge on any atom is -0.493 e. The molecule has 0 aliphatic carbocycles. The summed E-state index contributed by atoms with van der Waals surface area (Å²) in [6, 6.07) is 14.3. The van der Waals surface area contributed by atoms with Gasteiger partial charge in [-0.1, -0.05) is 24.3 Å². The van der Waals surface area contributed by atoms with Crippen LogP contribution in [-0.4, -0.2) is 44.3 Å². The molecular weight excluding hydrogens is 336 g/mol. The number of nitrogens with zero attached hydrogens (tertiary/aromatic N) is 1. The molecule has 0 aromatic heterocycles. The summed E-state index contributed by atoms with van der Waals surface area (Å²) >= 11 is 0. The van der Waals surface area contributed by atoms with Gasteiger partial charge in [0.15, 0.2) is 11.5 Å². The number of amides is 1. The number of aliphatic carboxylic acids is 1. The second-order valence-corrected chi connectivity index (χ2v) is 5.55. The van der Waals surface area contributed by atoms with Crippen LogP contribution in [-0.2, 0) is 16.1 Å².